The van der Waals surface area contributed by atoms with Crippen LogP contribution in [0.2, 0.25) is 0 Å². The van der Waals surface area contributed by atoms with Crippen LogP contribution in [0.15, 0.2) is 0 Å². The van der Waals surface area contributed by atoms with E-state index < -0.39 is 21.9 Å². The molecule has 0 bridgehead atoms. The van der Waals surface area contributed by atoms with Crippen LogP contribution in [-0.2, 0) is 15.5 Å². The molecule has 1 unspecified atom stereocenters. The van der Waals surface area contributed by atoms with Gasteiger partial charge in [-0.1, -0.05) is 12.8 Å². The zero-order chi connectivity index (χ0) is 8.43. The maximum Gasteiger partial charge on any atom is 0.235 e. The summed E-state index contributed by atoms with van der Waals surface area (Å²) >= 11 is 0. The van der Waals surface area contributed by atoms with Gasteiger partial charge in [-0.05, 0) is 12.3 Å². The van der Waals surface area contributed by atoms with Crippen molar-refractivity contribution in [2.45, 2.75) is 24.5 Å². The lowest BCUT2D eigenvalue weighted by atomic mass is 10.2. The van der Waals surface area contributed by atoms with E-state index in [1.165, 1.54) is 0 Å². The van der Waals surface area contributed by atoms with E-state index >= 15 is 0 Å². The predicted octanol–water partition coefficient (Wildman–Crippen LogP) is -0.748. The topological polar surface area (TPSA) is 77.2 Å². The third-order valence-corrected chi connectivity index (χ3v) is 2.81. The van der Waals surface area contributed by atoms with Crippen molar-refractivity contribution in [2.24, 2.45) is 11.7 Å². The monoisotopic (exact) mass is 177 g/mol. The first-order valence-electron chi connectivity index (χ1n) is 3.54. The Labute approximate surface area is 66.7 Å². The van der Waals surface area contributed by atoms with Crippen molar-refractivity contribution in [3.8, 4) is 0 Å². The molecule has 1 saturated carbocycles. The van der Waals surface area contributed by atoms with Crippen LogP contribution in [0.3, 0.4) is 0 Å². The van der Waals surface area contributed by atoms with Gasteiger partial charge in [0.1, 0.15) is 5.25 Å². The molecule has 11 heavy (non-hydrogen) atoms. The second-order valence-electron chi connectivity index (χ2n) is 2.88. The Kier molecular flexibility index (Phi) is 2.49. The maximum atomic E-state index is 10.5. The zero-order valence-electron chi connectivity index (χ0n) is 6.03. The van der Waals surface area contributed by atoms with Gasteiger partial charge in [-0.25, -0.2) is 8.42 Å². The molecular weight excluding hydrogens is 166 g/mol. The van der Waals surface area contributed by atoms with Crippen LogP contribution < -0.4 is 5.73 Å². The molecule has 1 atom stereocenters. The largest absolute Gasteiger partial charge is 0.369 e. The number of hydrogen-bond acceptors (Lipinski definition) is 3. The number of carbonyl (C=O) groups excluding carboxylic acids is 1. The molecule has 1 fully saturated rings. The van der Waals surface area contributed by atoms with Crippen LogP contribution in [0, 0.1) is 5.92 Å². The quantitative estimate of drug-likeness (QED) is 0.555. The smallest absolute Gasteiger partial charge is 0.235 e. The molecule has 1 aliphatic rings. The molecule has 0 spiro atoms. The SMILES string of the molecule is NC(=O)C(CC1CC1)[SH](=O)=O. The Morgan fingerprint density at radius 2 is 2.09 bits per heavy atom. The van der Waals surface area contributed by atoms with Crippen molar-refractivity contribution >= 4 is 16.6 Å². The van der Waals surface area contributed by atoms with Gasteiger partial charge >= 0.3 is 0 Å². The van der Waals surface area contributed by atoms with Crippen LogP contribution in [0.1, 0.15) is 19.3 Å². The summed E-state index contributed by atoms with van der Waals surface area (Å²) in [4.78, 5) is 10.5. The molecule has 0 aromatic carbocycles. The molecule has 1 rings (SSSR count). The molecule has 64 valence electrons. The van der Waals surface area contributed by atoms with Crippen molar-refractivity contribution in [3.05, 3.63) is 0 Å². The van der Waals surface area contributed by atoms with Crippen molar-refractivity contribution in [1.29, 1.82) is 0 Å². The molecule has 2 N–H and O–H groups in total. The van der Waals surface area contributed by atoms with Gasteiger partial charge in [-0.3, -0.25) is 4.79 Å². The first-order valence-corrected chi connectivity index (χ1v) is 4.78. The maximum absolute atomic E-state index is 10.5. The lowest BCUT2D eigenvalue weighted by Gasteiger charge is -2.02. The summed E-state index contributed by atoms with van der Waals surface area (Å²) in [5, 5.41) is -0.933. The van der Waals surface area contributed by atoms with Crippen LogP contribution in [-0.4, -0.2) is 19.6 Å². The second-order valence-corrected chi connectivity index (χ2v) is 4.08. The minimum atomic E-state index is -2.67. The molecule has 0 aromatic heterocycles. The fourth-order valence-electron chi connectivity index (χ4n) is 0.975. The molecule has 0 saturated heterocycles. The highest BCUT2D eigenvalue weighted by molar-refractivity contribution is 7.74. The van der Waals surface area contributed by atoms with E-state index in [1.807, 2.05) is 0 Å². The van der Waals surface area contributed by atoms with E-state index in [0.29, 0.717) is 12.3 Å². The second kappa shape index (κ2) is 3.21. The average molecular weight is 177 g/mol. The van der Waals surface area contributed by atoms with E-state index in [9.17, 15) is 13.2 Å². The normalized spacial score (nSPS) is 20.1. The molecule has 5 heteroatoms. The first-order chi connectivity index (χ1) is 5.11. The van der Waals surface area contributed by atoms with Crippen molar-refractivity contribution in [2.75, 3.05) is 0 Å². The third-order valence-electron chi connectivity index (χ3n) is 1.84. The van der Waals surface area contributed by atoms with E-state index in [1.54, 1.807) is 0 Å². The summed E-state index contributed by atoms with van der Waals surface area (Å²) < 4.78 is 20.9. The highest BCUT2D eigenvalue weighted by Gasteiger charge is 2.29. The number of carbonyl (C=O) groups is 1. The molecule has 0 aliphatic heterocycles. The predicted molar refractivity (Wildman–Crippen MR) is 40.6 cm³/mol. The van der Waals surface area contributed by atoms with Crippen LogP contribution >= 0.6 is 0 Å². The fourth-order valence-corrected chi connectivity index (χ4v) is 1.65. The van der Waals surface area contributed by atoms with Gasteiger partial charge in [0.15, 0.2) is 10.7 Å². The van der Waals surface area contributed by atoms with Gasteiger partial charge in [0.05, 0.1) is 0 Å². The first kappa shape index (κ1) is 8.52. The molecule has 4 nitrogen and oxygen atoms in total. The molecule has 0 aromatic rings. The van der Waals surface area contributed by atoms with Gasteiger partial charge in [-0.15, -0.1) is 0 Å². The highest BCUT2D eigenvalue weighted by Crippen LogP contribution is 2.33. The van der Waals surface area contributed by atoms with E-state index in [-0.39, 0.29) is 0 Å². The fraction of sp³-hybridized carbons (Fsp3) is 0.833. The molecule has 1 amide bonds. The summed E-state index contributed by atoms with van der Waals surface area (Å²) in [6.07, 6.45) is 2.49. The summed E-state index contributed by atoms with van der Waals surface area (Å²) in [7, 11) is -2.67. The van der Waals surface area contributed by atoms with Crippen molar-refractivity contribution in [1.82, 2.24) is 0 Å². The van der Waals surface area contributed by atoms with E-state index in [2.05, 4.69) is 0 Å². The standard InChI is InChI=1S/C6H11NO3S/c7-6(8)5(11(9)10)3-4-1-2-4/h4-5,11H,1-3H2,(H2,7,8). The van der Waals surface area contributed by atoms with E-state index in [0.717, 1.165) is 12.8 Å². The van der Waals surface area contributed by atoms with Gasteiger partial charge in [0, 0.05) is 0 Å². The number of rotatable bonds is 4. The van der Waals surface area contributed by atoms with Crippen LogP contribution in [0.25, 0.3) is 0 Å². The Balaban J connectivity index is 2.50. The molecular formula is C6H11NO3S. The van der Waals surface area contributed by atoms with E-state index in [4.69, 9.17) is 5.73 Å². The minimum Gasteiger partial charge on any atom is -0.369 e. The van der Waals surface area contributed by atoms with Gasteiger partial charge in [0.2, 0.25) is 5.91 Å². The number of amides is 1. The summed E-state index contributed by atoms with van der Waals surface area (Å²) in [6, 6.07) is 0. The Bertz CT molecular complexity index is 224. The lowest BCUT2D eigenvalue weighted by molar-refractivity contribution is -0.117. The highest BCUT2D eigenvalue weighted by atomic mass is 32.2. The Morgan fingerprint density at radius 1 is 1.55 bits per heavy atom. The van der Waals surface area contributed by atoms with Crippen molar-refractivity contribution in [3.63, 3.8) is 0 Å². The molecule has 1 aliphatic carbocycles. The number of primary amides is 1. The van der Waals surface area contributed by atoms with Crippen molar-refractivity contribution < 1.29 is 13.2 Å². The van der Waals surface area contributed by atoms with Gasteiger partial charge in [0.25, 0.3) is 0 Å². The van der Waals surface area contributed by atoms with Crippen LogP contribution in [0.4, 0.5) is 0 Å². The number of thiol groups is 1. The molecule has 0 radical (unpaired) electrons. The van der Waals surface area contributed by atoms with Gasteiger partial charge in [-0.2, -0.15) is 0 Å². The third kappa shape index (κ3) is 2.49. The summed E-state index contributed by atoms with van der Waals surface area (Å²) in [5.74, 6) is -0.298. The lowest BCUT2D eigenvalue weighted by Crippen LogP contribution is -2.30. The Hall–Kier alpha value is -0.580. The number of hydrogen-bond donors (Lipinski definition) is 2. The average Bonchev–Trinajstić information content (AvgIpc) is 2.63. The van der Waals surface area contributed by atoms with Crippen LogP contribution in [0.5, 0.6) is 0 Å². The summed E-state index contributed by atoms with van der Waals surface area (Å²) in [5.41, 5.74) is 4.89. The Morgan fingerprint density at radius 3 is 2.36 bits per heavy atom. The number of nitrogens with two attached hydrogens (primary N) is 1. The van der Waals surface area contributed by atoms with Gasteiger partial charge < -0.3 is 5.73 Å². The summed E-state index contributed by atoms with van der Waals surface area (Å²) in [6.45, 7) is 0. The minimum absolute atomic E-state index is 0.417. The zero-order valence-corrected chi connectivity index (χ0v) is 6.92. The molecule has 0 heterocycles.